The van der Waals surface area contributed by atoms with Gasteiger partial charge in [0.05, 0.1) is 16.3 Å². The molecule has 2 aliphatic heterocycles. The third-order valence-electron chi connectivity index (χ3n) is 4.45. The second-order valence-corrected chi connectivity index (χ2v) is 6.24. The first-order chi connectivity index (χ1) is 10.1. The maximum absolute atomic E-state index is 11.5. The number of hydrogen-bond acceptors (Lipinski definition) is 4. The fourth-order valence-electron chi connectivity index (χ4n) is 3.45. The van der Waals surface area contributed by atoms with E-state index in [1.807, 2.05) is 0 Å². The SMILES string of the molecule is Nc1cc(Cl)c(N2CCC(N3CCCC3)C2)c(C(=O)O)c1. The van der Waals surface area contributed by atoms with Gasteiger partial charge in [0.15, 0.2) is 0 Å². The summed E-state index contributed by atoms with van der Waals surface area (Å²) in [4.78, 5) is 16.1. The summed E-state index contributed by atoms with van der Waals surface area (Å²) in [5.41, 5.74) is 6.91. The molecule has 1 aromatic carbocycles. The highest BCUT2D eigenvalue weighted by Gasteiger charge is 2.32. The number of anilines is 2. The van der Waals surface area contributed by atoms with Crippen LogP contribution in [0.4, 0.5) is 11.4 Å². The number of nitrogens with zero attached hydrogens (tertiary/aromatic N) is 2. The topological polar surface area (TPSA) is 69.8 Å². The molecule has 0 saturated carbocycles. The average molecular weight is 310 g/mol. The smallest absolute Gasteiger partial charge is 0.337 e. The van der Waals surface area contributed by atoms with E-state index in [2.05, 4.69) is 9.80 Å². The van der Waals surface area contributed by atoms with Crippen molar-refractivity contribution < 1.29 is 9.90 Å². The Kier molecular flexibility index (Phi) is 3.95. The van der Waals surface area contributed by atoms with Crippen LogP contribution in [-0.2, 0) is 0 Å². The molecule has 2 saturated heterocycles. The van der Waals surface area contributed by atoms with Crippen LogP contribution in [0.1, 0.15) is 29.6 Å². The van der Waals surface area contributed by atoms with Gasteiger partial charge in [-0.05, 0) is 44.5 Å². The number of carbonyl (C=O) groups is 1. The van der Waals surface area contributed by atoms with Crippen LogP contribution in [0.25, 0.3) is 0 Å². The van der Waals surface area contributed by atoms with Crippen LogP contribution in [-0.4, -0.2) is 48.2 Å². The highest BCUT2D eigenvalue weighted by molar-refractivity contribution is 6.34. The molecule has 0 amide bonds. The lowest BCUT2D eigenvalue weighted by molar-refractivity contribution is 0.0697. The lowest BCUT2D eigenvalue weighted by Gasteiger charge is -2.26. The van der Waals surface area contributed by atoms with Crippen molar-refractivity contribution in [1.82, 2.24) is 4.90 Å². The molecule has 2 aliphatic rings. The zero-order chi connectivity index (χ0) is 15.0. The van der Waals surface area contributed by atoms with E-state index in [4.69, 9.17) is 17.3 Å². The van der Waals surface area contributed by atoms with E-state index in [9.17, 15) is 9.90 Å². The first-order valence-electron chi connectivity index (χ1n) is 7.37. The number of likely N-dealkylation sites (tertiary alicyclic amines) is 1. The molecule has 0 spiro atoms. The van der Waals surface area contributed by atoms with Crippen molar-refractivity contribution in [2.24, 2.45) is 0 Å². The third kappa shape index (κ3) is 2.80. The number of hydrogen-bond donors (Lipinski definition) is 2. The molecule has 2 heterocycles. The minimum atomic E-state index is -0.983. The van der Waals surface area contributed by atoms with E-state index in [1.54, 1.807) is 6.07 Å². The number of nitrogen functional groups attached to an aromatic ring is 1. The normalized spacial score (nSPS) is 22.9. The third-order valence-corrected chi connectivity index (χ3v) is 4.74. The van der Waals surface area contributed by atoms with Crippen molar-refractivity contribution in [1.29, 1.82) is 0 Å². The van der Waals surface area contributed by atoms with Crippen LogP contribution in [0.15, 0.2) is 12.1 Å². The maximum Gasteiger partial charge on any atom is 0.337 e. The first kappa shape index (κ1) is 14.5. The van der Waals surface area contributed by atoms with Gasteiger partial charge < -0.3 is 15.7 Å². The van der Waals surface area contributed by atoms with E-state index >= 15 is 0 Å². The van der Waals surface area contributed by atoms with Gasteiger partial charge in [0, 0.05) is 24.8 Å². The van der Waals surface area contributed by atoms with Crippen LogP contribution < -0.4 is 10.6 Å². The largest absolute Gasteiger partial charge is 0.478 e. The number of benzene rings is 1. The van der Waals surface area contributed by atoms with E-state index in [0.717, 1.165) is 32.6 Å². The summed E-state index contributed by atoms with van der Waals surface area (Å²) >= 11 is 6.27. The molecule has 0 aromatic heterocycles. The van der Waals surface area contributed by atoms with Crippen molar-refractivity contribution in [3.63, 3.8) is 0 Å². The van der Waals surface area contributed by atoms with Gasteiger partial charge in [-0.15, -0.1) is 0 Å². The molecule has 21 heavy (non-hydrogen) atoms. The van der Waals surface area contributed by atoms with Gasteiger partial charge in [-0.1, -0.05) is 11.6 Å². The molecule has 6 heteroatoms. The predicted octanol–water partition coefficient (Wildman–Crippen LogP) is 2.29. The summed E-state index contributed by atoms with van der Waals surface area (Å²) < 4.78 is 0. The van der Waals surface area contributed by atoms with Crippen LogP contribution >= 0.6 is 11.6 Å². The van der Waals surface area contributed by atoms with Crippen molar-refractivity contribution in [3.05, 3.63) is 22.7 Å². The molecule has 5 nitrogen and oxygen atoms in total. The predicted molar refractivity (Wildman–Crippen MR) is 84.2 cm³/mol. The van der Waals surface area contributed by atoms with Crippen LogP contribution in [0, 0.1) is 0 Å². The van der Waals surface area contributed by atoms with Gasteiger partial charge in [-0.3, -0.25) is 4.90 Å². The van der Waals surface area contributed by atoms with Crippen LogP contribution in [0.3, 0.4) is 0 Å². The van der Waals surface area contributed by atoms with Crippen molar-refractivity contribution >= 4 is 28.9 Å². The molecule has 1 unspecified atom stereocenters. The van der Waals surface area contributed by atoms with Crippen LogP contribution in [0.5, 0.6) is 0 Å². The molecular weight excluding hydrogens is 290 g/mol. The summed E-state index contributed by atoms with van der Waals surface area (Å²) in [6.07, 6.45) is 3.58. The molecule has 1 atom stereocenters. The van der Waals surface area contributed by atoms with Gasteiger partial charge in [0.2, 0.25) is 0 Å². The Balaban J connectivity index is 1.85. The molecule has 3 rings (SSSR count). The zero-order valence-corrected chi connectivity index (χ0v) is 12.6. The zero-order valence-electron chi connectivity index (χ0n) is 11.9. The van der Waals surface area contributed by atoms with Gasteiger partial charge >= 0.3 is 5.97 Å². The molecule has 3 N–H and O–H groups in total. The average Bonchev–Trinajstić information content (AvgIpc) is 3.08. The number of aromatic carboxylic acids is 1. The monoisotopic (exact) mass is 309 g/mol. The minimum Gasteiger partial charge on any atom is -0.478 e. The van der Waals surface area contributed by atoms with E-state index in [1.165, 1.54) is 18.9 Å². The summed E-state index contributed by atoms with van der Waals surface area (Å²) in [7, 11) is 0. The molecular formula is C15H20ClN3O2. The number of carboxylic acids is 1. The Morgan fingerprint density at radius 1 is 1.29 bits per heavy atom. The Morgan fingerprint density at radius 2 is 2.00 bits per heavy atom. The summed E-state index contributed by atoms with van der Waals surface area (Å²) in [5.74, 6) is -0.983. The van der Waals surface area contributed by atoms with Gasteiger partial charge in [-0.25, -0.2) is 4.79 Å². The molecule has 0 radical (unpaired) electrons. The second-order valence-electron chi connectivity index (χ2n) is 5.84. The number of nitrogens with two attached hydrogens (primary N) is 1. The standard InChI is InChI=1S/C15H20ClN3O2/c16-13-8-10(17)7-12(15(20)21)14(13)19-6-3-11(9-19)18-4-1-2-5-18/h7-8,11H,1-6,9,17H2,(H,20,21). The fraction of sp³-hybridized carbons (Fsp3) is 0.533. The number of carboxylic acid groups (broad SMARTS) is 1. The Bertz CT molecular complexity index is 558. The van der Waals surface area contributed by atoms with E-state index in [-0.39, 0.29) is 5.56 Å². The lowest BCUT2D eigenvalue weighted by atomic mass is 10.1. The highest BCUT2D eigenvalue weighted by atomic mass is 35.5. The second kappa shape index (κ2) is 5.73. The Hall–Kier alpha value is -1.46. The maximum atomic E-state index is 11.5. The summed E-state index contributed by atoms with van der Waals surface area (Å²) in [6.45, 7) is 3.98. The number of rotatable bonds is 3. The van der Waals surface area contributed by atoms with E-state index < -0.39 is 5.97 Å². The molecule has 1 aromatic rings. The molecule has 0 aliphatic carbocycles. The Labute approximate surface area is 129 Å². The first-order valence-corrected chi connectivity index (χ1v) is 7.75. The van der Waals surface area contributed by atoms with Crippen molar-refractivity contribution in [2.45, 2.75) is 25.3 Å². The summed E-state index contributed by atoms with van der Waals surface area (Å²) in [6, 6.07) is 3.63. The molecule has 114 valence electrons. The van der Waals surface area contributed by atoms with Crippen molar-refractivity contribution in [2.75, 3.05) is 36.8 Å². The summed E-state index contributed by atoms with van der Waals surface area (Å²) in [5, 5.41) is 9.83. The highest BCUT2D eigenvalue weighted by Crippen LogP contribution is 2.35. The lowest BCUT2D eigenvalue weighted by Crippen LogP contribution is -2.35. The molecule has 0 bridgehead atoms. The van der Waals surface area contributed by atoms with Gasteiger partial charge in [-0.2, -0.15) is 0 Å². The number of halogens is 1. The van der Waals surface area contributed by atoms with E-state index in [0.29, 0.717) is 22.4 Å². The van der Waals surface area contributed by atoms with Crippen molar-refractivity contribution in [3.8, 4) is 0 Å². The minimum absolute atomic E-state index is 0.196. The molecule has 2 fully saturated rings. The van der Waals surface area contributed by atoms with Gasteiger partial charge in [0.1, 0.15) is 0 Å². The quantitative estimate of drug-likeness (QED) is 0.838. The fourth-order valence-corrected chi connectivity index (χ4v) is 3.80. The van der Waals surface area contributed by atoms with Gasteiger partial charge in [0.25, 0.3) is 0 Å². The van der Waals surface area contributed by atoms with Crippen LogP contribution in [0.2, 0.25) is 5.02 Å². The Morgan fingerprint density at radius 3 is 2.67 bits per heavy atom.